The highest BCUT2D eigenvalue weighted by Gasteiger charge is 2.04. The van der Waals surface area contributed by atoms with Crippen LogP contribution in [-0.4, -0.2) is 23.1 Å². The van der Waals surface area contributed by atoms with Crippen molar-refractivity contribution in [2.75, 3.05) is 18.4 Å². The fourth-order valence-corrected chi connectivity index (χ4v) is 1.77. The molecule has 94 valence electrons. The van der Waals surface area contributed by atoms with E-state index in [1.807, 2.05) is 25.1 Å². The van der Waals surface area contributed by atoms with Crippen LogP contribution in [0.4, 0.5) is 5.82 Å². The van der Waals surface area contributed by atoms with E-state index in [9.17, 15) is 0 Å². The second-order valence-corrected chi connectivity index (χ2v) is 4.30. The molecule has 0 aliphatic carbocycles. The summed E-state index contributed by atoms with van der Waals surface area (Å²) in [4.78, 5) is 8.98. The van der Waals surface area contributed by atoms with Crippen molar-refractivity contribution >= 4 is 5.82 Å². The molecule has 4 nitrogen and oxygen atoms in total. The van der Waals surface area contributed by atoms with Gasteiger partial charge in [-0.3, -0.25) is 0 Å². The van der Waals surface area contributed by atoms with Gasteiger partial charge >= 0.3 is 0 Å². The lowest BCUT2D eigenvalue weighted by Crippen LogP contribution is -2.14. The van der Waals surface area contributed by atoms with Crippen LogP contribution in [0.5, 0.6) is 0 Å². The molecule has 1 aromatic carbocycles. The van der Waals surface area contributed by atoms with Crippen molar-refractivity contribution in [1.29, 1.82) is 0 Å². The van der Waals surface area contributed by atoms with Gasteiger partial charge in [-0.25, -0.2) is 9.97 Å². The SMILES string of the molecule is Cc1cccc(-c2nc(C)cc(NCCN)n2)c1. The van der Waals surface area contributed by atoms with E-state index in [2.05, 4.69) is 34.3 Å². The fraction of sp³-hybridized carbons (Fsp3) is 0.286. The number of benzene rings is 1. The van der Waals surface area contributed by atoms with Gasteiger partial charge in [0.2, 0.25) is 0 Å². The molecule has 4 heteroatoms. The van der Waals surface area contributed by atoms with E-state index in [-0.39, 0.29) is 0 Å². The van der Waals surface area contributed by atoms with Crippen molar-refractivity contribution < 1.29 is 0 Å². The predicted octanol–water partition coefficient (Wildman–Crippen LogP) is 2.13. The first-order valence-corrected chi connectivity index (χ1v) is 6.05. The van der Waals surface area contributed by atoms with Crippen LogP contribution in [0, 0.1) is 13.8 Å². The standard InChI is InChI=1S/C14H18N4/c1-10-4-3-5-12(8-10)14-17-11(2)9-13(18-14)16-7-6-15/h3-5,8-9H,6-7,15H2,1-2H3,(H,16,17,18). The summed E-state index contributed by atoms with van der Waals surface area (Å²) >= 11 is 0. The van der Waals surface area contributed by atoms with Crippen LogP contribution in [0.25, 0.3) is 11.4 Å². The zero-order valence-corrected chi connectivity index (χ0v) is 10.8. The van der Waals surface area contributed by atoms with Crippen LogP contribution >= 0.6 is 0 Å². The largest absolute Gasteiger partial charge is 0.369 e. The Hall–Kier alpha value is -1.94. The lowest BCUT2D eigenvalue weighted by Gasteiger charge is -2.08. The first-order valence-electron chi connectivity index (χ1n) is 6.05. The molecule has 0 saturated heterocycles. The minimum Gasteiger partial charge on any atom is -0.369 e. The fourth-order valence-electron chi connectivity index (χ4n) is 1.77. The highest BCUT2D eigenvalue weighted by molar-refractivity contribution is 5.58. The summed E-state index contributed by atoms with van der Waals surface area (Å²) in [6, 6.07) is 10.1. The van der Waals surface area contributed by atoms with Crippen LogP contribution in [0.3, 0.4) is 0 Å². The monoisotopic (exact) mass is 242 g/mol. The van der Waals surface area contributed by atoms with Gasteiger partial charge in [-0.05, 0) is 19.9 Å². The number of nitrogens with one attached hydrogen (secondary N) is 1. The maximum absolute atomic E-state index is 5.48. The van der Waals surface area contributed by atoms with Gasteiger partial charge in [0.05, 0.1) is 0 Å². The minimum atomic E-state index is 0.586. The maximum atomic E-state index is 5.48. The molecule has 0 aliphatic rings. The molecule has 18 heavy (non-hydrogen) atoms. The third kappa shape index (κ3) is 3.05. The normalized spacial score (nSPS) is 10.4. The average molecular weight is 242 g/mol. The molecular formula is C14H18N4. The van der Waals surface area contributed by atoms with E-state index in [4.69, 9.17) is 5.73 Å². The first-order chi connectivity index (χ1) is 8.69. The Bertz CT molecular complexity index is 537. The molecule has 3 N–H and O–H groups in total. The molecule has 2 aromatic rings. The zero-order valence-electron chi connectivity index (χ0n) is 10.8. The number of anilines is 1. The Morgan fingerprint density at radius 2 is 2.00 bits per heavy atom. The van der Waals surface area contributed by atoms with Gasteiger partial charge in [-0.2, -0.15) is 0 Å². The molecule has 2 rings (SSSR count). The van der Waals surface area contributed by atoms with Gasteiger partial charge in [0, 0.05) is 30.4 Å². The Morgan fingerprint density at radius 1 is 1.17 bits per heavy atom. The number of rotatable bonds is 4. The highest BCUT2D eigenvalue weighted by atomic mass is 15.0. The topological polar surface area (TPSA) is 63.8 Å². The van der Waals surface area contributed by atoms with Gasteiger partial charge in [0.25, 0.3) is 0 Å². The molecule has 0 aliphatic heterocycles. The number of hydrogen-bond donors (Lipinski definition) is 2. The summed E-state index contributed by atoms with van der Waals surface area (Å²) in [5.74, 6) is 1.57. The molecule has 0 amide bonds. The lowest BCUT2D eigenvalue weighted by molar-refractivity contribution is 1.000. The number of aromatic nitrogens is 2. The van der Waals surface area contributed by atoms with Crippen LogP contribution < -0.4 is 11.1 Å². The summed E-state index contributed by atoms with van der Waals surface area (Å²) in [5.41, 5.74) is 8.66. The molecule has 0 radical (unpaired) electrons. The second kappa shape index (κ2) is 5.60. The molecule has 0 spiro atoms. The van der Waals surface area contributed by atoms with Crippen LogP contribution in [-0.2, 0) is 0 Å². The van der Waals surface area contributed by atoms with Crippen molar-refractivity contribution in [1.82, 2.24) is 9.97 Å². The Labute approximate surface area is 107 Å². The molecule has 0 atom stereocenters. The van der Waals surface area contributed by atoms with Crippen LogP contribution in [0.1, 0.15) is 11.3 Å². The molecule has 0 saturated carbocycles. The molecule has 1 heterocycles. The molecule has 0 bridgehead atoms. The number of nitrogens with zero attached hydrogens (tertiary/aromatic N) is 2. The van der Waals surface area contributed by atoms with Crippen molar-refractivity contribution in [3.63, 3.8) is 0 Å². The van der Waals surface area contributed by atoms with Gasteiger partial charge in [0.1, 0.15) is 5.82 Å². The van der Waals surface area contributed by atoms with Gasteiger partial charge in [0.15, 0.2) is 5.82 Å². The Balaban J connectivity index is 2.35. The van der Waals surface area contributed by atoms with Crippen LogP contribution in [0.2, 0.25) is 0 Å². The minimum absolute atomic E-state index is 0.586. The van der Waals surface area contributed by atoms with Crippen molar-refractivity contribution in [2.24, 2.45) is 5.73 Å². The molecule has 0 unspecified atom stereocenters. The predicted molar refractivity (Wildman–Crippen MR) is 74.5 cm³/mol. The Morgan fingerprint density at radius 3 is 2.72 bits per heavy atom. The van der Waals surface area contributed by atoms with Crippen molar-refractivity contribution in [3.05, 3.63) is 41.6 Å². The van der Waals surface area contributed by atoms with Crippen molar-refractivity contribution in [2.45, 2.75) is 13.8 Å². The average Bonchev–Trinajstić information content (AvgIpc) is 2.36. The van der Waals surface area contributed by atoms with Gasteiger partial charge in [-0.15, -0.1) is 0 Å². The molecule has 0 fully saturated rings. The summed E-state index contributed by atoms with van der Waals surface area (Å²) in [5, 5.41) is 3.18. The van der Waals surface area contributed by atoms with E-state index in [0.29, 0.717) is 13.1 Å². The Kier molecular flexibility index (Phi) is 3.89. The first kappa shape index (κ1) is 12.5. The van der Waals surface area contributed by atoms with Crippen molar-refractivity contribution in [3.8, 4) is 11.4 Å². The van der Waals surface area contributed by atoms with Crippen LogP contribution in [0.15, 0.2) is 30.3 Å². The summed E-state index contributed by atoms with van der Waals surface area (Å²) in [7, 11) is 0. The maximum Gasteiger partial charge on any atom is 0.161 e. The van der Waals surface area contributed by atoms with E-state index in [1.54, 1.807) is 0 Å². The second-order valence-electron chi connectivity index (χ2n) is 4.30. The summed E-state index contributed by atoms with van der Waals surface area (Å²) in [6.07, 6.45) is 0. The third-order valence-electron chi connectivity index (χ3n) is 2.58. The van der Waals surface area contributed by atoms with Gasteiger partial charge in [-0.1, -0.05) is 23.8 Å². The summed E-state index contributed by atoms with van der Waals surface area (Å²) < 4.78 is 0. The molecular weight excluding hydrogens is 224 g/mol. The highest BCUT2D eigenvalue weighted by Crippen LogP contribution is 2.18. The number of hydrogen-bond acceptors (Lipinski definition) is 4. The van der Waals surface area contributed by atoms with E-state index in [1.165, 1.54) is 5.56 Å². The number of nitrogens with two attached hydrogens (primary N) is 1. The summed E-state index contributed by atoms with van der Waals surface area (Å²) in [6.45, 7) is 5.33. The number of aryl methyl sites for hydroxylation is 2. The van der Waals surface area contributed by atoms with E-state index < -0.39 is 0 Å². The smallest absolute Gasteiger partial charge is 0.161 e. The third-order valence-corrected chi connectivity index (χ3v) is 2.58. The van der Waals surface area contributed by atoms with E-state index in [0.717, 1.165) is 22.9 Å². The van der Waals surface area contributed by atoms with Gasteiger partial charge < -0.3 is 11.1 Å². The quantitative estimate of drug-likeness (QED) is 0.862. The lowest BCUT2D eigenvalue weighted by atomic mass is 10.1. The van der Waals surface area contributed by atoms with E-state index >= 15 is 0 Å². The zero-order chi connectivity index (χ0) is 13.0. The molecule has 1 aromatic heterocycles.